The first-order valence-corrected chi connectivity index (χ1v) is 6.19. The number of esters is 1. The van der Waals surface area contributed by atoms with Crippen molar-refractivity contribution in [3.8, 4) is 0 Å². The number of methoxy groups -OCH3 is 1. The van der Waals surface area contributed by atoms with Crippen molar-refractivity contribution in [1.82, 2.24) is 0 Å². The van der Waals surface area contributed by atoms with E-state index in [0.29, 0.717) is 0 Å². The molecule has 0 fully saturated rings. The Kier molecular flexibility index (Phi) is 6.02. The molecule has 0 unspecified atom stereocenters. The van der Waals surface area contributed by atoms with E-state index in [1.807, 2.05) is 0 Å². The summed E-state index contributed by atoms with van der Waals surface area (Å²) in [5, 5.41) is 8.44. The normalized spacial score (nSPS) is 9.52. The Morgan fingerprint density at radius 1 is 0.957 bits per heavy atom. The predicted molar refractivity (Wildman–Crippen MR) is 79.9 cm³/mol. The first kappa shape index (κ1) is 17.9. The number of carboxylic acid groups (broad SMARTS) is 1. The van der Waals surface area contributed by atoms with Gasteiger partial charge in [0.1, 0.15) is 11.6 Å². The van der Waals surface area contributed by atoms with Crippen LogP contribution in [0.15, 0.2) is 36.4 Å². The number of halogens is 2. The average Bonchev–Trinajstić information content (AvgIpc) is 2.52. The van der Waals surface area contributed by atoms with Crippen molar-refractivity contribution >= 4 is 23.3 Å². The average molecular weight is 324 g/mol. The summed E-state index contributed by atoms with van der Waals surface area (Å²) in [7, 11) is 1.21. The highest BCUT2D eigenvalue weighted by Gasteiger charge is 2.12. The molecule has 2 aromatic carbocycles. The molecule has 0 heterocycles. The third-order valence-corrected chi connectivity index (χ3v) is 2.74. The predicted octanol–water partition coefficient (Wildman–Crippen LogP) is 2.30. The summed E-state index contributed by atoms with van der Waals surface area (Å²) in [6.07, 6.45) is 0. The minimum Gasteiger partial charge on any atom is -0.478 e. The lowest BCUT2D eigenvalue weighted by molar-refractivity contribution is 0.0600. The van der Waals surface area contributed by atoms with E-state index < -0.39 is 23.6 Å². The van der Waals surface area contributed by atoms with Crippen LogP contribution in [-0.4, -0.2) is 24.2 Å². The van der Waals surface area contributed by atoms with Gasteiger partial charge in [0.2, 0.25) is 0 Å². The summed E-state index contributed by atoms with van der Waals surface area (Å²) in [6.45, 7) is 0. The van der Waals surface area contributed by atoms with Crippen molar-refractivity contribution in [3.63, 3.8) is 0 Å². The van der Waals surface area contributed by atoms with E-state index in [1.54, 1.807) is 0 Å². The number of hydrogen-bond donors (Lipinski definition) is 3. The lowest BCUT2D eigenvalue weighted by atomic mass is 10.2. The number of hydrogen-bond acceptors (Lipinski definition) is 5. The highest BCUT2D eigenvalue weighted by Crippen LogP contribution is 2.16. The van der Waals surface area contributed by atoms with Gasteiger partial charge in [-0.3, -0.25) is 0 Å². The molecule has 0 aliphatic heterocycles. The largest absolute Gasteiger partial charge is 0.478 e. The number of carbonyl (C=O) groups excluding carboxylic acids is 1. The Labute approximate surface area is 130 Å². The van der Waals surface area contributed by atoms with E-state index in [9.17, 15) is 18.4 Å². The summed E-state index contributed by atoms with van der Waals surface area (Å²) in [6, 6.07) is 7.65. The topological polar surface area (TPSA) is 116 Å². The number of ether oxygens (including phenoxy) is 1. The van der Waals surface area contributed by atoms with E-state index in [4.69, 9.17) is 16.6 Å². The molecule has 122 valence electrons. The van der Waals surface area contributed by atoms with Crippen LogP contribution in [0.4, 0.5) is 20.2 Å². The van der Waals surface area contributed by atoms with Crippen LogP contribution in [0.25, 0.3) is 0 Å². The van der Waals surface area contributed by atoms with Crippen LogP contribution in [0.3, 0.4) is 0 Å². The Morgan fingerprint density at radius 3 is 1.78 bits per heavy atom. The summed E-state index contributed by atoms with van der Waals surface area (Å²) in [5.74, 6) is -3.17. The standard InChI is InChI=1S/C8H8FNO2.C7H6FNO2/c1-12-8(11)5-3-2-4-6(9)7(5)10;8-5-3-1-2-4(6(5)9)7(10)11/h2-4H,10H2,1H3;1-3H,9H2,(H,10,11). The molecular weight excluding hydrogens is 310 g/mol. The second-order valence-electron chi connectivity index (χ2n) is 4.20. The molecule has 0 aromatic heterocycles. The van der Waals surface area contributed by atoms with Crippen LogP contribution < -0.4 is 11.5 Å². The van der Waals surface area contributed by atoms with E-state index in [-0.39, 0.29) is 22.5 Å². The van der Waals surface area contributed by atoms with Gasteiger partial charge in [0.05, 0.1) is 29.6 Å². The molecule has 0 aliphatic carbocycles. The first-order valence-electron chi connectivity index (χ1n) is 6.19. The molecule has 8 heteroatoms. The van der Waals surface area contributed by atoms with Crippen LogP contribution in [-0.2, 0) is 4.74 Å². The summed E-state index contributed by atoms with van der Waals surface area (Å²) >= 11 is 0. The lowest BCUT2D eigenvalue weighted by Crippen LogP contribution is -2.06. The van der Waals surface area contributed by atoms with Crippen molar-refractivity contribution in [3.05, 3.63) is 59.2 Å². The minimum absolute atomic E-state index is 0.0532. The Balaban J connectivity index is 0.000000231. The van der Waals surface area contributed by atoms with Gasteiger partial charge in [0.15, 0.2) is 0 Å². The molecular formula is C15H14F2N2O4. The van der Waals surface area contributed by atoms with Gasteiger partial charge in [0.25, 0.3) is 0 Å². The number of carbonyl (C=O) groups is 2. The zero-order chi connectivity index (χ0) is 17.6. The first-order chi connectivity index (χ1) is 10.8. The number of aromatic carboxylic acids is 1. The molecule has 0 bridgehead atoms. The maximum Gasteiger partial charge on any atom is 0.340 e. The van der Waals surface area contributed by atoms with E-state index in [2.05, 4.69) is 4.74 Å². The summed E-state index contributed by atoms with van der Waals surface area (Å²) < 4.78 is 29.7. The molecule has 0 saturated carbocycles. The van der Waals surface area contributed by atoms with Crippen molar-refractivity contribution in [1.29, 1.82) is 0 Å². The Bertz CT molecular complexity index is 735. The van der Waals surface area contributed by atoms with E-state index >= 15 is 0 Å². The van der Waals surface area contributed by atoms with Gasteiger partial charge in [-0.15, -0.1) is 0 Å². The van der Waals surface area contributed by atoms with Gasteiger partial charge in [-0.25, -0.2) is 18.4 Å². The third kappa shape index (κ3) is 4.40. The fraction of sp³-hybridized carbons (Fsp3) is 0.0667. The molecule has 0 radical (unpaired) electrons. The molecule has 0 aliphatic rings. The molecule has 6 nitrogen and oxygen atoms in total. The molecule has 0 spiro atoms. The molecule has 23 heavy (non-hydrogen) atoms. The number of nitrogen functional groups attached to an aromatic ring is 2. The van der Waals surface area contributed by atoms with E-state index in [1.165, 1.54) is 37.4 Å². The maximum atomic E-state index is 12.7. The lowest BCUT2D eigenvalue weighted by Gasteiger charge is -2.02. The highest BCUT2D eigenvalue weighted by atomic mass is 19.1. The quantitative estimate of drug-likeness (QED) is 0.576. The number of carboxylic acids is 1. The van der Waals surface area contributed by atoms with Crippen molar-refractivity contribution in [2.24, 2.45) is 0 Å². The molecule has 2 rings (SSSR count). The molecule has 5 N–H and O–H groups in total. The zero-order valence-electron chi connectivity index (χ0n) is 12.0. The Hall–Kier alpha value is -3.16. The van der Waals surface area contributed by atoms with Gasteiger partial charge in [-0.05, 0) is 24.3 Å². The number of anilines is 2. The Morgan fingerprint density at radius 2 is 1.39 bits per heavy atom. The van der Waals surface area contributed by atoms with Crippen LogP contribution in [0.2, 0.25) is 0 Å². The number of benzene rings is 2. The number of para-hydroxylation sites is 2. The van der Waals surface area contributed by atoms with E-state index in [0.717, 1.165) is 6.07 Å². The smallest absolute Gasteiger partial charge is 0.340 e. The SMILES string of the molecule is COC(=O)c1cccc(F)c1N.Nc1c(F)cccc1C(=O)O. The van der Waals surface area contributed by atoms with Gasteiger partial charge >= 0.3 is 11.9 Å². The van der Waals surface area contributed by atoms with Gasteiger partial charge in [-0.1, -0.05) is 12.1 Å². The van der Waals surface area contributed by atoms with Crippen molar-refractivity contribution < 1.29 is 28.2 Å². The summed E-state index contributed by atoms with van der Waals surface area (Å²) in [5.41, 5.74) is 9.76. The monoisotopic (exact) mass is 324 g/mol. The fourth-order valence-corrected chi connectivity index (χ4v) is 1.55. The van der Waals surface area contributed by atoms with Gasteiger partial charge in [0, 0.05) is 0 Å². The summed E-state index contributed by atoms with van der Waals surface area (Å²) in [4.78, 5) is 21.2. The molecule has 2 aromatic rings. The van der Waals surface area contributed by atoms with Crippen LogP contribution in [0.5, 0.6) is 0 Å². The third-order valence-electron chi connectivity index (χ3n) is 2.74. The van der Waals surface area contributed by atoms with Crippen LogP contribution in [0, 0.1) is 11.6 Å². The second kappa shape index (κ2) is 7.74. The maximum absolute atomic E-state index is 12.7. The second-order valence-corrected chi connectivity index (χ2v) is 4.20. The van der Waals surface area contributed by atoms with Crippen LogP contribution in [0.1, 0.15) is 20.7 Å². The minimum atomic E-state index is -1.22. The van der Waals surface area contributed by atoms with Gasteiger partial charge < -0.3 is 21.3 Å². The zero-order valence-corrected chi connectivity index (χ0v) is 12.0. The molecule has 0 atom stereocenters. The molecule has 0 amide bonds. The highest BCUT2D eigenvalue weighted by molar-refractivity contribution is 5.95. The van der Waals surface area contributed by atoms with Crippen LogP contribution >= 0.6 is 0 Å². The van der Waals surface area contributed by atoms with Crippen molar-refractivity contribution in [2.75, 3.05) is 18.6 Å². The fourth-order valence-electron chi connectivity index (χ4n) is 1.55. The van der Waals surface area contributed by atoms with Gasteiger partial charge in [-0.2, -0.15) is 0 Å². The number of rotatable bonds is 2. The molecule has 0 saturated heterocycles. The number of nitrogens with two attached hydrogens (primary N) is 2. The van der Waals surface area contributed by atoms with Crippen molar-refractivity contribution in [2.45, 2.75) is 0 Å².